The smallest absolute Gasteiger partial charge is 0.261 e. The number of carbonyl (C=O) groups excluding carboxylic acids is 1. The van der Waals surface area contributed by atoms with Crippen molar-refractivity contribution in [3.05, 3.63) is 48.2 Å². The molecule has 0 saturated heterocycles. The van der Waals surface area contributed by atoms with E-state index in [4.69, 9.17) is 0 Å². The van der Waals surface area contributed by atoms with Gasteiger partial charge in [-0.1, -0.05) is 12.1 Å². The van der Waals surface area contributed by atoms with Crippen LogP contribution in [0.15, 0.2) is 42.6 Å². The second kappa shape index (κ2) is 8.72. The van der Waals surface area contributed by atoms with Crippen LogP contribution in [0.5, 0.6) is 0 Å². The van der Waals surface area contributed by atoms with Crippen LogP contribution in [0, 0.1) is 0 Å². The number of rotatable bonds is 5. The molecule has 0 aliphatic carbocycles. The number of anilines is 3. The Bertz CT molecular complexity index is 785. The molecule has 1 aromatic heterocycles. The fraction of sp³-hybridized carbons (Fsp3) is 0.429. The molecule has 5 nitrogen and oxygen atoms in total. The molecular weight excluding hydrogens is 360 g/mol. The van der Waals surface area contributed by atoms with Gasteiger partial charge < -0.3 is 9.80 Å². The summed E-state index contributed by atoms with van der Waals surface area (Å²) in [4.78, 5) is 23.9. The molecule has 0 radical (unpaired) electrons. The minimum atomic E-state index is -0.0207. The van der Waals surface area contributed by atoms with Crippen molar-refractivity contribution in [2.45, 2.75) is 39.8 Å². The van der Waals surface area contributed by atoms with Gasteiger partial charge >= 0.3 is 0 Å². The van der Waals surface area contributed by atoms with Gasteiger partial charge in [-0.25, -0.2) is 4.98 Å². The number of pyridine rings is 1. The van der Waals surface area contributed by atoms with Gasteiger partial charge in [-0.2, -0.15) is 0 Å². The Hall–Kier alpha value is -2.11. The maximum atomic E-state index is 12.9. The Balaban J connectivity index is 0.00000261. The fourth-order valence-corrected chi connectivity index (χ4v) is 3.71. The molecule has 0 saturated carbocycles. The Labute approximate surface area is 168 Å². The highest BCUT2D eigenvalue weighted by molar-refractivity contribution is 6.12. The van der Waals surface area contributed by atoms with Crippen LogP contribution < -0.4 is 9.80 Å². The number of nitrogens with zero attached hydrogens (tertiary/aromatic N) is 4. The Morgan fingerprint density at radius 3 is 2.26 bits per heavy atom. The van der Waals surface area contributed by atoms with E-state index < -0.39 is 0 Å². The third-order valence-corrected chi connectivity index (χ3v) is 5.02. The van der Waals surface area contributed by atoms with E-state index in [1.165, 1.54) is 0 Å². The molecular formula is C21H29ClN4O. The summed E-state index contributed by atoms with van der Waals surface area (Å²) in [6.45, 7) is 10.6. The Morgan fingerprint density at radius 1 is 1.00 bits per heavy atom. The number of amides is 1. The van der Waals surface area contributed by atoms with E-state index in [2.05, 4.69) is 48.5 Å². The molecule has 6 heteroatoms. The van der Waals surface area contributed by atoms with Gasteiger partial charge in [-0.15, -0.1) is 12.4 Å². The van der Waals surface area contributed by atoms with Crippen LogP contribution in [-0.4, -0.2) is 48.0 Å². The Kier molecular flexibility index (Phi) is 6.84. The summed E-state index contributed by atoms with van der Waals surface area (Å²) in [5.74, 6) is 0.717. The zero-order chi connectivity index (χ0) is 18.8. The molecule has 0 spiro atoms. The summed E-state index contributed by atoms with van der Waals surface area (Å²) in [5.41, 5.74) is 2.58. The number of hydrogen-bond acceptors (Lipinski definition) is 4. The van der Waals surface area contributed by atoms with E-state index in [-0.39, 0.29) is 18.3 Å². The first-order valence-electron chi connectivity index (χ1n) is 9.27. The lowest BCUT2D eigenvalue weighted by Crippen LogP contribution is -2.42. The molecule has 0 unspecified atom stereocenters. The van der Waals surface area contributed by atoms with Crippen molar-refractivity contribution in [1.29, 1.82) is 0 Å². The molecule has 1 aromatic carbocycles. The van der Waals surface area contributed by atoms with E-state index in [9.17, 15) is 4.79 Å². The summed E-state index contributed by atoms with van der Waals surface area (Å²) >= 11 is 0. The molecule has 1 aliphatic rings. The average Bonchev–Trinajstić information content (AvgIpc) is 2.71. The molecule has 27 heavy (non-hydrogen) atoms. The lowest BCUT2D eigenvalue weighted by Gasteiger charge is -2.34. The number of halogens is 1. The van der Waals surface area contributed by atoms with E-state index in [1.807, 2.05) is 37.4 Å². The van der Waals surface area contributed by atoms with Crippen LogP contribution in [0.4, 0.5) is 17.2 Å². The van der Waals surface area contributed by atoms with Crippen LogP contribution in [0.25, 0.3) is 0 Å². The molecule has 2 aromatic rings. The highest BCUT2D eigenvalue weighted by Gasteiger charge is 2.30. The number of hydrogen-bond donors (Lipinski definition) is 0. The van der Waals surface area contributed by atoms with Gasteiger partial charge in [0.15, 0.2) is 0 Å². The fourth-order valence-electron chi connectivity index (χ4n) is 3.71. The van der Waals surface area contributed by atoms with Gasteiger partial charge in [0, 0.05) is 38.4 Å². The maximum Gasteiger partial charge on any atom is 0.261 e. The molecule has 146 valence electrons. The number of fused-ring (bicyclic) bond motifs is 2. The summed E-state index contributed by atoms with van der Waals surface area (Å²) < 4.78 is 0. The average molecular weight is 389 g/mol. The second-order valence-corrected chi connectivity index (χ2v) is 7.30. The second-order valence-electron chi connectivity index (χ2n) is 7.30. The third-order valence-electron chi connectivity index (χ3n) is 5.02. The van der Waals surface area contributed by atoms with E-state index in [1.54, 1.807) is 11.1 Å². The number of aromatic nitrogens is 1. The monoisotopic (exact) mass is 388 g/mol. The summed E-state index contributed by atoms with van der Waals surface area (Å²) in [6, 6.07) is 12.7. The molecule has 1 amide bonds. The largest absolute Gasteiger partial charge is 0.323 e. The van der Waals surface area contributed by atoms with Crippen LogP contribution in [0.2, 0.25) is 0 Å². The first-order chi connectivity index (χ1) is 12.4. The summed E-state index contributed by atoms with van der Waals surface area (Å²) in [5, 5.41) is 0. The molecule has 2 heterocycles. The van der Waals surface area contributed by atoms with Crippen molar-refractivity contribution >= 4 is 35.5 Å². The van der Waals surface area contributed by atoms with E-state index >= 15 is 0 Å². The minimum absolute atomic E-state index is 0. The van der Waals surface area contributed by atoms with Crippen LogP contribution in [0.1, 0.15) is 38.1 Å². The minimum Gasteiger partial charge on any atom is -0.323 e. The van der Waals surface area contributed by atoms with Gasteiger partial charge in [-0.05, 0) is 52.0 Å². The molecule has 0 bridgehead atoms. The van der Waals surface area contributed by atoms with Crippen LogP contribution >= 0.6 is 12.4 Å². The zero-order valence-electron chi connectivity index (χ0n) is 16.7. The highest BCUT2D eigenvalue weighted by atomic mass is 35.5. The Morgan fingerprint density at radius 2 is 1.63 bits per heavy atom. The van der Waals surface area contributed by atoms with E-state index in [0.29, 0.717) is 17.6 Å². The lowest BCUT2D eigenvalue weighted by molar-refractivity contribution is 0.0994. The quantitative estimate of drug-likeness (QED) is 0.763. The number of carbonyl (C=O) groups is 1. The number of benzene rings is 1. The predicted octanol–water partition coefficient (Wildman–Crippen LogP) is 4.35. The highest BCUT2D eigenvalue weighted by Crippen LogP contribution is 2.38. The molecule has 1 aliphatic heterocycles. The third kappa shape index (κ3) is 4.09. The van der Waals surface area contributed by atoms with Crippen molar-refractivity contribution in [2.75, 3.05) is 29.9 Å². The summed E-state index contributed by atoms with van der Waals surface area (Å²) in [6.07, 6.45) is 1.76. The van der Waals surface area contributed by atoms with Crippen LogP contribution in [-0.2, 0) is 0 Å². The van der Waals surface area contributed by atoms with Crippen LogP contribution in [0.3, 0.4) is 0 Å². The summed E-state index contributed by atoms with van der Waals surface area (Å²) in [7, 11) is 1.83. The predicted molar refractivity (Wildman–Crippen MR) is 115 cm³/mol. The van der Waals surface area contributed by atoms with Gasteiger partial charge in [-0.3, -0.25) is 9.69 Å². The standard InChI is InChI=1S/C21H28N4O.ClH/c1-15(2)24(16(3)4)13-14-25-19-11-7-6-10-18(19)23(5)21(26)17-9-8-12-22-20(17)25;/h6-12,15-16H,13-14H2,1-5H3;1H. The van der Waals surface area contributed by atoms with Crippen molar-refractivity contribution in [2.24, 2.45) is 0 Å². The van der Waals surface area contributed by atoms with Crippen molar-refractivity contribution in [1.82, 2.24) is 9.88 Å². The zero-order valence-corrected chi connectivity index (χ0v) is 17.5. The lowest BCUT2D eigenvalue weighted by atomic mass is 10.2. The van der Waals surface area contributed by atoms with Gasteiger partial charge in [0.2, 0.25) is 0 Å². The van der Waals surface area contributed by atoms with Gasteiger partial charge in [0.1, 0.15) is 5.82 Å². The SMILES string of the molecule is CC(C)N(CCN1c2ccccc2N(C)C(=O)c2cccnc21)C(C)C.Cl. The first kappa shape index (κ1) is 21.2. The number of para-hydroxylation sites is 2. The van der Waals surface area contributed by atoms with Gasteiger partial charge in [0.05, 0.1) is 16.9 Å². The maximum absolute atomic E-state index is 12.9. The van der Waals surface area contributed by atoms with E-state index in [0.717, 1.165) is 30.3 Å². The molecule has 0 fully saturated rings. The van der Waals surface area contributed by atoms with Crippen molar-refractivity contribution < 1.29 is 4.79 Å². The van der Waals surface area contributed by atoms with Crippen molar-refractivity contribution in [3.8, 4) is 0 Å². The topological polar surface area (TPSA) is 39.7 Å². The normalized spacial score (nSPS) is 13.6. The molecule has 0 N–H and O–H groups in total. The van der Waals surface area contributed by atoms with Gasteiger partial charge in [0.25, 0.3) is 5.91 Å². The first-order valence-corrected chi connectivity index (χ1v) is 9.27. The molecule has 0 atom stereocenters. The van der Waals surface area contributed by atoms with Crippen molar-refractivity contribution in [3.63, 3.8) is 0 Å². The molecule has 3 rings (SSSR count).